The van der Waals surface area contributed by atoms with Crippen molar-refractivity contribution in [2.75, 3.05) is 45.9 Å². The molecule has 0 amide bonds. The number of nitrogens with zero attached hydrogens (tertiary/aromatic N) is 2. The van der Waals surface area contributed by atoms with Crippen molar-refractivity contribution < 1.29 is 5.11 Å². The van der Waals surface area contributed by atoms with Crippen molar-refractivity contribution >= 4 is 29.9 Å². The summed E-state index contributed by atoms with van der Waals surface area (Å²) in [4.78, 5) is 7.23. The first kappa shape index (κ1) is 22.9. The van der Waals surface area contributed by atoms with Gasteiger partial charge in [-0.25, -0.2) is 0 Å². The highest BCUT2D eigenvalue weighted by molar-refractivity contribution is 14.0. The Hall–Kier alpha value is -0.0800. The van der Waals surface area contributed by atoms with E-state index in [1.165, 1.54) is 19.5 Å². The van der Waals surface area contributed by atoms with E-state index in [1.54, 1.807) is 0 Å². The molecule has 23 heavy (non-hydrogen) atoms. The van der Waals surface area contributed by atoms with Crippen LogP contribution in [0.2, 0.25) is 0 Å². The third kappa shape index (κ3) is 9.72. The zero-order chi connectivity index (χ0) is 16.2. The molecular weight excluding hydrogens is 403 g/mol. The van der Waals surface area contributed by atoms with E-state index in [4.69, 9.17) is 10.1 Å². The molecule has 138 valence electrons. The first-order valence-corrected chi connectivity index (χ1v) is 9.08. The van der Waals surface area contributed by atoms with Gasteiger partial charge in [-0.05, 0) is 51.1 Å². The summed E-state index contributed by atoms with van der Waals surface area (Å²) in [5.74, 6) is 2.15. The van der Waals surface area contributed by atoms with Crippen LogP contribution in [0.15, 0.2) is 4.99 Å². The second kappa shape index (κ2) is 14.3. The van der Waals surface area contributed by atoms with E-state index >= 15 is 0 Å². The molecule has 1 aliphatic rings. The number of aliphatic imine (C=N–C) groups is 1. The predicted octanol–water partition coefficient (Wildman–Crippen LogP) is 2.30. The number of guanidine groups is 1. The molecule has 3 N–H and O–H groups in total. The third-order valence-electron chi connectivity index (χ3n) is 4.46. The number of rotatable bonds is 10. The third-order valence-corrected chi connectivity index (χ3v) is 4.46. The average molecular weight is 440 g/mol. The van der Waals surface area contributed by atoms with Gasteiger partial charge in [-0.1, -0.05) is 20.3 Å². The molecule has 1 aliphatic heterocycles. The van der Waals surface area contributed by atoms with E-state index in [0.717, 1.165) is 57.3 Å². The molecule has 0 saturated carbocycles. The normalized spacial score (nSPS) is 20.2. The molecule has 0 aromatic heterocycles. The van der Waals surface area contributed by atoms with Gasteiger partial charge in [-0.15, -0.1) is 24.0 Å². The molecule has 1 rings (SSSR count). The molecule has 0 spiro atoms. The number of hydrogen-bond donors (Lipinski definition) is 3. The van der Waals surface area contributed by atoms with Crippen molar-refractivity contribution in [3.05, 3.63) is 0 Å². The Morgan fingerprint density at radius 2 is 2.04 bits per heavy atom. The summed E-state index contributed by atoms with van der Waals surface area (Å²) in [6.45, 7) is 13.1. The molecule has 0 radical (unpaired) electrons. The monoisotopic (exact) mass is 440 g/mol. The first-order valence-electron chi connectivity index (χ1n) is 9.08. The number of aliphatic hydroxyl groups is 1. The molecule has 1 heterocycles. The highest BCUT2D eigenvalue weighted by Crippen LogP contribution is 2.14. The minimum Gasteiger partial charge on any atom is -0.396 e. The van der Waals surface area contributed by atoms with Crippen molar-refractivity contribution in [3.8, 4) is 0 Å². The maximum atomic E-state index is 9.14. The summed E-state index contributed by atoms with van der Waals surface area (Å²) in [5, 5.41) is 16.0. The lowest BCUT2D eigenvalue weighted by Crippen LogP contribution is -2.40. The SMILES string of the molecule is CCCC(CCO)CN=C(NCC)NCC1CCN(CC)C1.I. The standard InChI is InChI=1S/C17H36N4O.HI/c1-4-7-15(9-11-22)12-19-17(18-5-2)20-13-16-8-10-21(6-3)14-16;/h15-16,22H,4-14H2,1-3H3,(H2,18,19,20);1H. The summed E-state index contributed by atoms with van der Waals surface area (Å²) in [5.41, 5.74) is 0. The van der Waals surface area contributed by atoms with E-state index in [-0.39, 0.29) is 30.6 Å². The molecule has 5 nitrogen and oxygen atoms in total. The molecule has 1 saturated heterocycles. The second-order valence-corrected chi connectivity index (χ2v) is 6.32. The van der Waals surface area contributed by atoms with E-state index in [9.17, 15) is 0 Å². The zero-order valence-corrected chi connectivity index (χ0v) is 17.5. The Bertz CT molecular complexity index is 309. The van der Waals surface area contributed by atoms with E-state index < -0.39 is 0 Å². The van der Waals surface area contributed by atoms with Crippen LogP contribution in [0.25, 0.3) is 0 Å². The van der Waals surface area contributed by atoms with Crippen molar-refractivity contribution in [3.63, 3.8) is 0 Å². The molecular formula is C17H37IN4O. The molecule has 0 aromatic rings. The van der Waals surface area contributed by atoms with Crippen LogP contribution in [-0.4, -0.2) is 61.8 Å². The molecule has 0 aromatic carbocycles. The van der Waals surface area contributed by atoms with Crippen molar-refractivity contribution in [2.45, 2.75) is 46.5 Å². The Kier molecular flexibility index (Phi) is 14.2. The van der Waals surface area contributed by atoms with E-state index in [1.807, 2.05) is 0 Å². The maximum absolute atomic E-state index is 9.14. The lowest BCUT2D eigenvalue weighted by Gasteiger charge is -2.17. The van der Waals surface area contributed by atoms with E-state index in [2.05, 4.69) is 36.3 Å². The van der Waals surface area contributed by atoms with Gasteiger partial charge >= 0.3 is 0 Å². The fourth-order valence-corrected chi connectivity index (χ4v) is 3.09. The summed E-state index contributed by atoms with van der Waals surface area (Å²) >= 11 is 0. The highest BCUT2D eigenvalue weighted by Gasteiger charge is 2.21. The van der Waals surface area contributed by atoms with Crippen LogP contribution < -0.4 is 10.6 Å². The van der Waals surface area contributed by atoms with Gasteiger partial charge < -0.3 is 20.6 Å². The fourth-order valence-electron chi connectivity index (χ4n) is 3.09. The number of nitrogens with one attached hydrogen (secondary N) is 2. The molecule has 0 aliphatic carbocycles. The van der Waals surface area contributed by atoms with Gasteiger partial charge in [-0.3, -0.25) is 4.99 Å². The fraction of sp³-hybridized carbons (Fsp3) is 0.941. The smallest absolute Gasteiger partial charge is 0.191 e. The molecule has 2 atom stereocenters. The van der Waals surface area contributed by atoms with Gasteiger partial charge in [0.05, 0.1) is 0 Å². The van der Waals surface area contributed by atoms with Crippen molar-refractivity contribution in [1.29, 1.82) is 0 Å². The zero-order valence-electron chi connectivity index (χ0n) is 15.2. The van der Waals surface area contributed by atoms with Crippen molar-refractivity contribution in [2.24, 2.45) is 16.8 Å². The Labute approximate surface area is 159 Å². The maximum Gasteiger partial charge on any atom is 0.191 e. The first-order chi connectivity index (χ1) is 10.7. The topological polar surface area (TPSA) is 59.9 Å². The largest absolute Gasteiger partial charge is 0.396 e. The summed E-state index contributed by atoms with van der Waals surface area (Å²) in [6.07, 6.45) is 4.42. The van der Waals surface area contributed by atoms with Gasteiger partial charge in [0, 0.05) is 32.8 Å². The Balaban J connectivity index is 0.00000484. The van der Waals surface area contributed by atoms with Crippen molar-refractivity contribution in [1.82, 2.24) is 15.5 Å². The Morgan fingerprint density at radius 3 is 2.61 bits per heavy atom. The minimum absolute atomic E-state index is 0. The summed E-state index contributed by atoms with van der Waals surface area (Å²) in [7, 11) is 0. The van der Waals surface area contributed by atoms with Crippen LogP contribution in [0.5, 0.6) is 0 Å². The van der Waals surface area contributed by atoms with Crippen LogP contribution >= 0.6 is 24.0 Å². The van der Waals surface area contributed by atoms with Gasteiger partial charge in [0.25, 0.3) is 0 Å². The predicted molar refractivity (Wildman–Crippen MR) is 110 cm³/mol. The van der Waals surface area contributed by atoms with Crippen LogP contribution in [0.4, 0.5) is 0 Å². The number of hydrogen-bond acceptors (Lipinski definition) is 3. The van der Waals surface area contributed by atoms with Crippen LogP contribution in [0.1, 0.15) is 46.5 Å². The Morgan fingerprint density at radius 1 is 1.26 bits per heavy atom. The van der Waals surface area contributed by atoms with Crippen LogP contribution in [0.3, 0.4) is 0 Å². The lowest BCUT2D eigenvalue weighted by molar-refractivity contribution is 0.253. The molecule has 0 bridgehead atoms. The molecule has 6 heteroatoms. The minimum atomic E-state index is 0. The van der Waals surface area contributed by atoms with Crippen LogP contribution in [0, 0.1) is 11.8 Å². The quantitative estimate of drug-likeness (QED) is 0.277. The van der Waals surface area contributed by atoms with Crippen LogP contribution in [-0.2, 0) is 0 Å². The lowest BCUT2D eigenvalue weighted by atomic mass is 10.0. The number of likely N-dealkylation sites (tertiary alicyclic amines) is 1. The van der Waals surface area contributed by atoms with E-state index in [0.29, 0.717) is 5.92 Å². The van der Waals surface area contributed by atoms with Gasteiger partial charge in [0.15, 0.2) is 5.96 Å². The molecule has 2 unspecified atom stereocenters. The second-order valence-electron chi connectivity index (χ2n) is 6.32. The average Bonchev–Trinajstić information content (AvgIpc) is 2.98. The van der Waals surface area contributed by atoms with Gasteiger partial charge in [-0.2, -0.15) is 0 Å². The van der Waals surface area contributed by atoms with Gasteiger partial charge in [0.2, 0.25) is 0 Å². The summed E-state index contributed by atoms with van der Waals surface area (Å²) < 4.78 is 0. The number of aliphatic hydroxyl groups excluding tert-OH is 1. The number of halogens is 1. The molecule has 1 fully saturated rings. The highest BCUT2D eigenvalue weighted by atomic mass is 127. The summed E-state index contributed by atoms with van der Waals surface area (Å²) in [6, 6.07) is 0. The van der Waals surface area contributed by atoms with Gasteiger partial charge in [0.1, 0.15) is 0 Å².